The summed E-state index contributed by atoms with van der Waals surface area (Å²) < 4.78 is 6.47. The predicted octanol–water partition coefficient (Wildman–Crippen LogP) is 7.02. The van der Waals surface area contributed by atoms with E-state index in [9.17, 15) is 19.5 Å². The van der Waals surface area contributed by atoms with Gasteiger partial charge in [-0.2, -0.15) is 0 Å². The van der Waals surface area contributed by atoms with Crippen LogP contribution in [0.15, 0.2) is 103 Å². The summed E-state index contributed by atoms with van der Waals surface area (Å²) in [5, 5.41) is 22.7. The second-order valence-electron chi connectivity index (χ2n) is 12.3. The van der Waals surface area contributed by atoms with E-state index in [4.69, 9.17) is 4.74 Å². The van der Waals surface area contributed by atoms with Crippen molar-refractivity contribution in [3.63, 3.8) is 0 Å². The van der Waals surface area contributed by atoms with Gasteiger partial charge in [-0.1, -0.05) is 79.7 Å². The van der Waals surface area contributed by atoms with Crippen LogP contribution >= 0.6 is 0 Å². The molecule has 48 heavy (non-hydrogen) atoms. The molecule has 0 spiro atoms. The van der Waals surface area contributed by atoms with Crippen molar-refractivity contribution < 1.29 is 24.2 Å². The maximum atomic E-state index is 13.9. The van der Waals surface area contributed by atoms with E-state index in [1.807, 2.05) is 91.9 Å². The topological polar surface area (TPSA) is 123 Å². The highest BCUT2D eigenvalue weighted by Crippen LogP contribution is 2.31. The molecule has 0 fully saturated rings. The molecule has 246 valence electrons. The third-order valence-electron chi connectivity index (χ3n) is 8.79. The zero-order valence-corrected chi connectivity index (χ0v) is 27.1. The average molecular weight is 646 g/mol. The molecule has 1 aliphatic heterocycles. The Kier molecular flexibility index (Phi) is 9.45. The Morgan fingerprint density at radius 3 is 2.12 bits per heavy atom. The summed E-state index contributed by atoms with van der Waals surface area (Å²) >= 11 is 0. The summed E-state index contributed by atoms with van der Waals surface area (Å²) in [6.07, 6.45) is -0.484. The highest BCUT2D eigenvalue weighted by molar-refractivity contribution is 6.07. The van der Waals surface area contributed by atoms with Crippen LogP contribution in [0.2, 0.25) is 0 Å². The number of aliphatic hydroxyl groups excluding tert-OH is 1. The number of likely N-dealkylation sites (N-methyl/N-ethyl adjacent to an activating group) is 1. The van der Waals surface area contributed by atoms with Crippen molar-refractivity contribution in [2.75, 3.05) is 42.7 Å². The minimum Gasteiger partial charge on any atom is -0.487 e. The Morgan fingerprint density at radius 2 is 1.48 bits per heavy atom. The molecule has 0 bridgehead atoms. The van der Waals surface area contributed by atoms with Gasteiger partial charge in [0.25, 0.3) is 5.91 Å². The second-order valence-corrected chi connectivity index (χ2v) is 12.3. The first-order valence-electron chi connectivity index (χ1n) is 16.0. The number of amides is 5. The molecule has 1 heterocycles. The van der Waals surface area contributed by atoms with Gasteiger partial charge in [-0.05, 0) is 48.0 Å². The van der Waals surface area contributed by atoms with Gasteiger partial charge in [0.2, 0.25) is 0 Å². The van der Waals surface area contributed by atoms with Gasteiger partial charge in [0.15, 0.2) is 0 Å². The lowest BCUT2D eigenvalue weighted by Crippen LogP contribution is -2.50. The molecular formula is C38H39N5O5. The summed E-state index contributed by atoms with van der Waals surface area (Å²) in [5.41, 5.74) is 2.01. The Morgan fingerprint density at radius 1 is 0.875 bits per heavy atom. The lowest BCUT2D eigenvalue weighted by atomic mass is 9.99. The number of hydrogen-bond donors (Lipinski definition) is 4. The van der Waals surface area contributed by atoms with Crippen LogP contribution in [0.25, 0.3) is 21.5 Å². The van der Waals surface area contributed by atoms with Crippen LogP contribution < -0.4 is 20.7 Å². The number of urea groups is 2. The first-order chi connectivity index (χ1) is 23.2. The number of nitrogens with one attached hydrogen (secondary N) is 3. The van der Waals surface area contributed by atoms with Crippen LogP contribution in [0, 0.1) is 5.92 Å². The SMILES string of the molecule is C[C@H](CO)N1C[C@H](C)[C@H](CN(C)C(=O)Nc2cccc3ccccc23)Oc2ccc(NC(=O)Nc3cccc4ccccc34)cc2C1=O. The van der Waals surface area contributed by atoms with Crippen molar-refractivity contribution in [3.8, 4) is 5.75 Å². The van der Waals surface area contributed by atoms with Crippen LogP contribution in [0.1, 0.15) is 24.2 Å². The van der Waals surface area contributed by atoms with Gasteiger partial charge in [0.1, 0.15) is 11.9 Å². The van der Waals surface area contributed by atoms with Crippen molar-refractivity contribution in [1.82, 2.24) is 9.80 Å². The number of carbonyl (C=O) groups is 3. The predicted molar refractivity (Wildman–Crippen MR) is 190 cm³/mol. The molecule has 5 amide bonds. The standard InChI is InChI=1S/C38H39N5O5/c1-24-21-43(25(2)23-44)36(45)31-20-28(39-37(46)40-32-16-8-12-26-10-4-6-14-29(26)32)18-19-34(31)48-35(24)22-42(3)38(47)41-33-17-9-13-27-11-5-7-15-30(27)33/h4-20,24-25,35,44H,21-23H2,1-3H3,(H,41,47)(H2,39,40,46)/t24-,25+,35-/m0/s1. The van der Waals surface area contributed by atoms with Crippen LogP contribution in [0.3, 0.4) is 0 Å². The van der Waals surface area contributed by atoms with Gasteiger partial charge in [-0.25, -0.2) is 9.59 Å². The Balaban J connectivity index is 1.22. The molecular weight excluding hydrogens is 606 g/mol. The fourth-order valence-corrected chi connectivity index (χ4v) is 6.04. The van der Waals surface area contributed by atoms with Gasteiger partial charge in [-0.3, -0.25) is 4.79 Å². The van der Waals surface area contributed by atoms with Gasteiger partial charge < -0.3 is 35.6 Å². The number of ether oxygens (including phenoxy) is 1. The lowest BCUT2D eigenvalue weighted by molar-refractivity contribution is 0.0371. The largest absolute Gasteiger partial charge is 0.487 e. The second kappa shape index (κ2) is 14.0. The smallest absolute Gasteiger partial charge is 0.323 e. The molecule has 0 aliphatic carbocycles. The van der Waals surface area contributed by atoms with E-state index in [0.29, 0.717) is 29.4 Å². The summed E-state index contributed by atoms with van der Waals surface area (Å²) in [7, 11) is 1.71. The molecule has 4 N–H and O–H groups in total. The lowest BCUT2D eigenvalue weighted by Gasteiger charge is -2.38. The number of fused-ring (bicyclic) bond motifs is 3. The molecule has 6 rings (SSSR count). The normalized spacial score (nSPS) is 16.7. The minimum absolute atomic E-state index is 0.187. The molecule has 3 atom stereocenters. The Labute approximate surface area is 279 Å². The third-order valence-corrected chi connectivity index (χ3v) is 8.79. The molecule has 1 aliphatic rings. The number of nitrogens with zero attached hydrogens (tertiary/aromatic N) is 2. The summed E-state index contributed by atoms with van der Waals surface area (Å²) in [6.45, 7) is 4.05. The van der Waals surface area contributed by atoms with Gasteiger partial charge in [-0.15, -0.1) is 0 Å². The number of rotatable bonds is 7. The molecule has 5 aromatic carbocycles. The van der Waals surface area contributed by atoms with E-state index in [2.05, 4.69) is 16.0 Å². The van der Waals surface area contributed by atoms with Gasteiger partial charge in [0.05, 0.1) is 36.1 Å². The van der Waals surface area contributed by atoms with Crippen LogP contribution in [-0.2, 0) is 0 Å². The van der Waals surface area contributed by atoms with E-state index in [-0.39, 0.29) is 36.6 Å². The molecule has 5 aromatic rings. The molecule has 10 nitrogen and oxygen atoms in total. The Hall–Kier alpha value is -5.61. The number of aliphatic hydroxyl groups is 1. The molecule has 0 saturated heterocycles. The van der Waals surface area contributed by atoms with E-state index in [0.717, 1.165) is 21.5 Å². The van der Waals surface area contributed by atoms with Crippen molar-refractivity contribution in [1.29, 1.82) is 0 Å². The number of benzene rings is 5. The summed E-state index contributed by atoms with van der Waals surface area (Å²) in [5.74, 6) is -0.181. The van der Waals surface area contributed by atoms with Crippen molar-refractivity contribution in [2.45, 2.75) is 26.0 Å². The quantitative estimate of drug-likeness (QED) is 0.152. The maximum Gasteiger partial charge on any atom is 0.323 e. The minimum atomic E-state index is -0.484. The highest BCUT2D eigenvalue weighted by Gasteiger charge is 2.34. The average Bonchev–Trinajstić information content (AvgIpc) is 3.10. The zero-order valence-electron chi connectivity index (χ0n) is 27.1. The molecule has 0 aromatic heterocycles. The number of anilines is 3. The van der Waals surface area contributed by atoms with Crippen molar-refractivity contribution >= 4 is 56.6 Å². The number of hydrogen-bond acceptors (Lipinski definition) is 5. The molecule has 0 unspecified atom stereocenters. The maximum absolute atomic E-state index is 13.9. The molecule has 10 heteroatoms. The van der Waals surface area contributed by atoms with E-state index in [1.165, 1.54) is 0 Å². The van der Waals surface area contributed by atoms with Crippen molar-refractivity contribution in [3.05, 3.63) is 109 Å². The van der Waals surface area contributed by atoms with E-state index < -0.39 is 18.2 Å². The Bertz CT molecular complexity index is 1970. The molecule has 0 saturated carbocycles. The van der Waals surface area contributed by atoms with Crippen molar-refractivity contribution in [2.24, 2.45) is 5.92 Å². The fraction of sp³-hybridized carbons (Fsp3) is 0.237. The zero-order chi connectivity index (χ0) is 33.8. The van der Waals surface area contributed by atoms with E-state index >= 15 is 0 Å². The van der Waals surface area contributed by atoms with E-state index in [1.54, 1.807) is 42.0 Å². The van der Waals surface area contributed by atoms with Gasteiger partial charge in [0, 0.05) is 36.0 Å². The summed E-state index contributed by atoms with van der Waals surface area (Å²) in [4.78, 5) is 43.5. The fourth-order valence-electron chi connectivity index (χ4n) is 6.04. The van der Waals surface area contributed by atoms with Crippen LogP contribution in [0.4, 0.5) is 26.7 Å². The highest BCUT2D eigenvalue weighted by atomic mass is 16.5. The third kappa shape index (κ3) is 6.89. The molecule has 0 radical (unpaired) electrons. The first kappa shape index (κ1) is 32.3. The summed E-state index contributed by atoms with van der Waals surface area (Å²) in [6, 6.07) is 30.7. The monoisotopic (exact) mass is 645 g/mol. The number of carbonyl (C=O) groups excluding carboxylic acids is 3. The van der Waals surface area contributed by atoms with Crippen LogP contribution in [-0.4, -0.2) is 71.8 Å². The van der Waals surface area contributed by atoms with Gasteiger partial charge >= 0.3 is 12.1 Å². The first-order valence-corrected chi connectivity index (χ1v) is 16.0. The van der Waals surface area contributed by atoms with Crippen LogP contribution in [0.5, 0.6) is 5.75 Å².